The molecule has 0 aliphatic rings. The number of phenols is 1. The first-order valence-electron chi connectivity index (χ1n) is 11.6. The van der Waals surface area contributed by atoms with E-state index in [-0.39, 0.29) is 22.4 Å². The minimum Gasteiger partial charge on any atom is -0.507 e. The molecule has 2 N–H and O–H groups in total. The summed E-state index contributed by atoms with van der Waals surface area (Å²) < 4.78 is 76.3. The van der Waals surface area contributed by atoms with Crippen molar-refractivity contribution in [3.05, 3.63) is 107 Å². The largest absolute Gasteiger partial charge is 0.507 e. The van der Waals surface area contributed by atoms with Gasteiger partial charge in [0.2, 0.25) is 0 Å². The van der Waals surface area contributed by atoms with Gasteiger partial charge < -0.3 is 18.8 Å². The lowest BCUT2D eigenvalue weighted by atomic mass is 10.0. The van der Waals surface area contributed by atoms with Crippen LogP contribution in [0.4, 0.5) is 0 Å². The predicted octanol–water partition coefficient (Wildman–Crippen LogP) is 3.89. The van der Waals surface area contributed by atoms with Crippen molar-refractivity contribution in [1.82, 2.24) is 0 Å². The summed E-state index contributed by atoms with van der Waals surface area (Å²) in [6.07, 6.45) is 0. The number of methoxy groups -OCH3 is 2. The number of aromatic hydroxyl groups is 1. The first-order valence-corrected chi connectivity index (χ1v) is 14.5. The number of ether oxygens (including phenoxy) is 2. The number of benzene rings is 4. The minimum atomic E-state index is -4.93. The summed E-state index contributed by atoms with van der Waals surface area (Å²) in [5, 5.41) is 10.5. The van der Waals surface area contributed by atoms with Crippen LogP contribution in [-0.2, 0) is 20.2 Å². The Bertz CT molecular complexity index is 1850. The van der Waals surface area contributed by atoms with E-state index in [4.69, 9.17) is 13.7 Å². The molecule has 0 fully saturated rings. The van der Waals surface area contributed by atoms with Crippen LogP contribution in [0.25, 0.3) is 0 Å². The van der Waals surface area contributed by atoms with Crippen molar-refractivity contribution in [3.63, 3.8) is 0 Å². The molecule has 0 saturated heterocycles. The molecule has 0 amide bonds. The smallest absolute Gasteiger partial charge is 0.342 e. The minimum absolute atomic E-state index is 0.0548. The standard InChI is InChI=1S/C28H22O11S2/c1-37-23-15-21(29)19(27(30)17-9-5-3-6-10-17)13-26(23)41(35,36)39-22-16-24(38-2)25(40(32,33)34)14-20(22)28(31)18-11-7-4-8-12-18/h3-16,29H,1-2H3,(H,32,33,34). The maximum atomic E-state index is 13.6. The second-order valence-corrected chi connectivity index (χ2v) is 11.3. The fourth-order valence-corrected chi connectivity index (χ4v) is 5.67. The Balaban J connectivity index is 1.89. The van der Waals surface area contributed by atoms with Crippen molar-refractivity contribution in [2.45, 2.75) is 9.79 Å². The quantitative estimate of drug-likeness (QED) is 0.154. The van der Waals surface area contributed by atoms with Gasteiger partial charge in [0.25, 0.3) is 10.1 Å². The molecule has 4 rings (SSSR count). The summed E-state index contributed by atoms with van der Waals surface area (Å²) in [5.41, 5.74) is -0.691. The van der Waals surface area contributed by atoms with Crippen LogP contribution in [0.3, 0.4) is 0 Å². The van der Waals surface area contributed by atoms with Crippen LogP contribution in [0, 0.1) is 0 Å². The fourth-order valence-electron chi connectivity index (χ4n) is 3.89. The third-order valence-corrected chi connectivity index (χ3v) is 7.99. The molecule has 0 unspecified atom stereocenters. The van der Waals surface area contributed by atoms with Gasteiger partial charge in [0, 0.05) is 23.3 Å². The molecular weight excluding hydrogens is 576 g/mol. The summed E-state index contributed by atoms with van der Waals surface area (Å²) in [6.45, 7) is 0. The van der Waals surface area contributed by atoms with Crippen molar-refractivity contribution >= 4 is 31.8 Å². The molecule has 11 nitrogen and oxygen atoms in total. The molecule has 0 heterocycles. The second-order valence-electron chi connectivity index (χ2n) is 8.42. The van der Waals surface area contributed by atoms with Crippen LogP contribution in [0.5, 0.6) is 23.0 Å². The number of hydrogen-bond donors (Lipinski definition) is 2. The molecule has 41 heavy (non-hydrogen) atoms. The summed E-state index contributed by atoms with van der Waals surface area (Å²) in [6, 6.07) is 18.6. The number of carbonyl (C=O) groups is 2. The van der Waals surface area contributed by atoms with Gasteiger partial charge in [-0.1, -0.05) is 60.7 Å². The highest BCUT2D eigenvalue weighted by Crippen LogP contribution is 2.38. The molecule has 0 spiro atoms. The Kier molecular flexibility index (Phi) is 8.14. The van der Waals surface area contributed by atoms with Crippen LogP contribution in [0.2, 0.25) is 0 Å². The van der Waals surface area contributed by atoms with Gasteiger partial charge in [-0.15, -0.1) is 0 Å². The second kappa shape index (κ2) is 11.4. The zero-order valence-electron chi connectivity index (χ0n) is 21.5. The van der Waals surface area contributed by atoms with Gasteiger partial charge in [-0.05, 0) is 12.1 Å². The Morgan fingerprint density at radius 2 is 1.10 bits per heavy atom. The average Bonchev–Trinajstić information content (AvgIpc) is 2.96. The van der Waals surface area contributed by atoms with E-state index in [0.29, 0.717) is 0 Å². The Labute approximate surface area is 235 Å². The van der Waals surface area contributed by atoms with Gasteiger partial charge in [-0.2, -0.15) is 16.8 Å². The van der Waals surface area contributed by atoms with Crippen LogP contribution in [0.1, 0.15) is 31.8 Å². The molecule has 0 saturated carbocycles. The monoisotopic (exact) mass is 598 g/mol. The van der Waals surface area contributed by atoms with Gasteiger partial charge in [-0.3, -0.25) is 14.1 Å². The first kappa shape index (κ1) is 29.3. The predicted molar refractivity (Wildman–Crippen MR) is 145 cm³/mol. The summed E-state index contributed by atoms with van der Waals surface area (Å²) in [5.74, 6) is -3.63. The van der Waals surface area contributed by atoms with E-state index < -0.39 is 64.4 Å². The summed E-state index contributed by atoms with van der Waals surface area (Å²) in [7, 11) is -7.66. The number of hydrogen-bond acceptors (Lipinski definition) is 10. The number of phenolic OH excluding ortho intramolecular Hbond substituents is 1. The zero-order valence-corrected chi connectivity index (χ0v) is 23.1. The van der Waals surface area contributed by atoms with Crippen molar-refractivity contribution in [2.24, 2.45) is 0 Å². The van der Waals surface area contributed by atoms with E-state index in [1.807, 2.05) is 0 Å². The van der Waals surface area contributed by atoms with Crippen molar-refractivity contribution in [3.8, 4) is 23.0 Å². The number of carbonyl (C=O) groups excluding carboxylic acids is 2. The molecule has 0 aliphatic carbocycles. The Hall–Kier alpha value is -4.72. The lowest BCUT2D eigenvalue weighted by Gasteiger charge is -2.17. The van der Waals surface area contributed by atoms with E-state index in [9.17, 15) is 36.1 Å². The first-order chi connectivity index (χ1) is 19.4. The highest BCUT2D eigenvalue weighted by molar-refractivity contribution is 7.87. The topological polar surface area (TPSA) is 171 Å². The SMILES string of the molecule is COc1cc(OS(=O)(=O)c2cc(C(=O)c3ccccc3)c(O)cc2OC)c(C(=O)c2ccccc2)cc1S(=O)(=O)O. The van der Waals surface area contributed by atoms with Gasteiger partial charge in [0.05, 0.1) is 25.3 Å². The molecule has 212 valence electrons. The molecule has 0 atom stereocenters. The van der Waals surface area contributed by atoms with Crippen LogP contribution >= 0.6 is 0 Å². The van der Waals surface area contributed by atoms with Gasteiger partial charge in [-0.25, -0.2) is 0 Å². The summed E-state index contributed by atoms with van der Waals surface area (Å²) >= 11 is 0. The van der Waals surface area contributed by atoms with E-state index in [1.54, 1.807) is 24.3 Å². The van der Waals surface area contributed by atoms with Crippen molar-refractivity contribution < 1.29 is 49.7 Å². The van der Waals surface area contributed by atoms with E-state index >= 15 is 0 Å². The molecule has 13 heteroatoms. The van der Waals surface area contributed by atoms with Crippen molar-refractivity contribution in [1.29, 1.82) is 0 Å². The highest BCUT2D eigenvalue weighted by atomic mass is 32.2. The maximum Gasteiger partial charge on any atom is 0.342 e. The molecule has 0 radical (unpaired) electrons. The summed E-state index contributed by atoms with van der Waals surface area (Å²) in [4.78, 5) is 24.9. The third kappa shape index (κ3) is 6.06. The van der Waals surface area contributed by atoms with Crippen LogP contribution in [-0.4, -0.2) is 52.3 Å². The van der Waals surface area contributed by atoms with E-state index in [0.717, 1.165) is 38.5 Å². The molecule has 4 aromatic carbocycles. The third-order valence-electron chi connectivity index (χ3n) is 5.86. The van der Waals surface area contributed by atoms with Gasteiger partial charge in [0.15, 0.2) is 17.3 Å². The fraction of sp³-hybridized carbons (Fsp3) is 0.0714. The Morgan fingerprint density at radius 1 is 0.634 bits per heavy atom. The molecule has 0 aromatic heterocycles. The molecule has 0 bridgehead atoms. The lowest BCUT2D eigenvalue weighted by Crippen LogP contribution is -2.16. The maximum absolute atomic E-state index is 13.6. The molecule has 4 aromatic rings. The highest BCUT2D eigenvalue weighted by Gasteiger charge is 2.31. The van der Waals surface area contributed by atoms with Gasteiger partial charge in [0.1, 0.15) is 27.0 Å². The number of rotatable bonds is 10. The van der Waals surface area contributed by atoms with E-state index in [2.05, 4.69) is 0 Å². The Morgan fingerprint density at radius 3 is 1.59 bits per heavy atom. The van der Waals surface area contributed by atoms with Gasteiger partial charge >= 0.3 is 10.1 Å². The van der Waals surface area contributed by atoms with Crippen LogP contribution < -0.4 is 13.7 Å². The normalized spacial score (nSPS) is 11.5. The molecule has 0 aliphatic heterocycles. The average molecular weight is 599 g/mol. The lowest BCUT2D eigenvalue weighted by molar-refractivity contribution is 0.102. The van der Waals surface area contributed by atoms with Crippen LogP contribution in [0.15, 0.2) is 94.7 Å². The molecular formula is C28H22O11S2. The van der Waals surface area contributed by atoms with E-state index in [1.165, 1.54) is 36.4 Å². The number of ketones is 2. The van der Waals surface area contributed by atoms with Crippen molar-refractivity contribution in [2.75, 3.05) is 14.2 Å². The zero-order chi connectivity index (χ0) is 29.9.